The Kier molecular flexibility index (Phi) is 11.6. The van der Waals surface area contributed by atoms with Gasteiger partial charge < -0.3 is 24.0 Å². The average molecular weight is 635 g/mol. The molecule has 0 amide bonds. The molecular formula is C36H47IN2. The molecule has 0 N–H and O–H groups in total. The third-order valence-corrected chi connectivity index (χ3v) is 8.78. The third kappa shape index (κ3) is 7.61. The predicted octanol–water partition coefficient (Wildman–Crippen LogP) is 5.40. The van der Waals surface area contributed by atoms with Crippen LogP contribution < -0.4 is 28.5 Å². The van der Waals surface area contributed by atoms with Gasteiger partial charge >= 0.3 is 0 Å². The van der Waals surface area contributed by atoms with Crippen LogP contribution in [0, 0.1) is 0 Å². The van der Waals surface area contributed by atoms with E-state index in [2.05, 4.69) is 96.4 Å². The lowest BCUT2D eigenvalue weighted by Crippen LogP contribution is -3.00. The molecule has 208 valence electrons. The average Bonchev–Trinajstić information content (AvgIpc) is 2.94. The number of nitrogens with zero attached hydrogens (tertiary/aromatic N) is 2. The topological polar surface area (TPSA) is 7.12 Å². The van der Waals surface area contributed by atoms with Crippen molar-refractivity contribution in [2.75, 3.05) is 13.1 Å². The van der Waals surface area contributed by atoms with Crippen molar-refractivity contribution >= 4 is 6.08 Å². The number of aromatic nitrogens is 1. The van der Waals surface area contributed by atoms with Crippen LogP contribution in [0.25, 0.3) is 6.08 Å². The third-order valence-electron chi connectivity index (χ3n) is 8.78. The fourth-order valence-electron chi connectivity index (χ4n) is 6.56. The molecule has 0 fully saturated rings. The second-order valence-corrected chi connectivity index (χ2v) is 11.6. The zero-order valence-electron chi connectivity index (χ0n) is 24.2. The van der Waals surface area contributed by atoms with E-state index in [0.717, 1.165) is 26.1 Å². The minimum Gasteiger partial charge on any atom is -1.00 e. The van der Waals surface area contributed by atoms with Crippen LogP contribution in [-0.2, 0) is 20.0 Å². The molecule has 0 aliphatic heterocycles. The van der Waals surface area contributed by atoms with E-state index in [4.69, 9.17) is 0 Å². The maximum atomic E-state index is 2.69. The normalized spacial score (nSPS) is 16.8. The Hall–Kier alpha value is -1.98. The summed E-state index contributed by atoms with van der Waals surface area (Å²) in [4.78, 5) is 2.69. The molecule has 1 aromatic heterocycles. The first-order valence-corrected chi connectivity index (χ1v) is 15.3. The maximum absolute atomic E-state index is 2.69. The van der Waals surface area contributed by atoms with E-state index in [1.54, 1.807) is 5.56 Å². The molecule has 1 atom stereocenters. The molecule has 1 unspecified atom stereocenters. The second-order valence-electron chi connectivity index (χ2n) is 11.6. The van der Waals surface area contributed by atoms with Gasteiger partial charge in [-0.05, 0) is 52.8 Å². The van der Waals surface area contributed by atoms with Crippen molar-refractivity contribution in [2.24, 2.45) is 7.05 Å². The lowest BCUT2D eigenvalue weighted by atomic mass is 9.69. The van der Waals surface area contributed by atoms with Gasteiger partial charge in [-0.2, -0.15) is 0 Å². The minimum absolute atomic E-state index is 0. The summed E-state index contributed by atoms with van der Waals surface area (Å²) in [5, 5.41) is 0. The quantitative estimate of drug-likeness (QED) is 0.145. The van der Waals surface area contributed by atoms with Gasteiger partial charge in [0.1, 0.15) is 7.05 Å². The van der Waals surface area contributed by atoms with Crippen molar-refractivity contribution in [2.45, 2.75) is 90.0 Å². The van der Waals surface area contributed by atoms with Gasteiger partial charge in [0, 0.05) is 24.6 Å². The van der Waals surface area contributed by atoms with Crippen molar-refractivity contribution in [1.82, 2.24) is 4.90 Å². The van der Waals surface area contributed by atoms with Crippen molar-refractivity contribution < 1.29 is 28.5 Å². The smallest absolute Gasteiger partial charge is 0.195 e. The van der Waals surface area contributed by atoms with Crippen LogP contribution in [-0.4, -0.2) is 18.0 Å². The summed E-state index contributed by atoms with van der Waals surface area (Å²) in [5.74, 6) is 0.423. The number of halogens is 1. The molecule has 0 spiro atoms. The largest absolute Gasteiger partial charge is 1.00 e. The number of aryl methyl sites for hydroxylation is 1. The fraction of sp³-hybridized carbons (Fsp3) is 0.472. The highest BCUT2D eigenvalue weighted by Crippen LogP contribution is 2.47. The highest BCUT2D eigenvalue weighted by Gasteiger charge is 2.32. The summed E-state index contributed by atoms with van der Waals surface area (Å²) >= 11 is 0. The SMILES string of the molecule is CCCCCCCCCCCCN(CC1=C2C=Cc3cccc4c3C2C(=CC4)C=C1)Cc1cccc[n+]1C.[I-]. The van der Waals surface area contributed by atoms with E-state index in [9.17, 15) is 0 Å². The molecule has 1 heterocycles. The van der Waals surface area contributed by atoms with Gasteiger partial charge in [0.05, 0.1) is 6.54 Å². The Morgan fingerprint density at radius 1 is 0.795 bits per heavy atom. The molecule has 3 aliphatic carbocycles. The van der Waals surface area contributed by atoms with Gasteiger partial charge in [-0.15, -0.1) is 0 Å². The Bertz CT molecular complexity index is 1220. The zero-order valence-corrected chi connectivity index (χ0v) is 26.3. The molecule has 39 heavy (non-hydrogen) atoms. The van der Waals surface area contributed by atoms with Crippen molar-refractivity contribution in [3.63, 3.8) is 0 Å². The number of unbranched alkanes of at least 4 members (excludes halogenated alkanes) is 9. The molecule has 0 saturated heterocycles. The van der Waals surface area contributed by atoms with E-state index in [0.29, 0.717) is 5.92 Å². The van der Waals surface area contributed by atoms with Crippen molar-refractivity contribution in [3.05, 3.63) is 106 Å². The van der Waals surface area contributed by atoms with Crippen LogP contribution in [0.3, 0.4) is 0 Å². The molecule has 1 aromatic carbocycles. The van der Waals surface area contributed by atoms with Crippen molar-refractivity contribution in [1.29, 1.82) is 0 Å². The molecule has 0 bridgehead atoms. The van der Waals surface area contributed by atoms with E-state index in [1.807, 2.05) is 0 Å². The lowest BCUT2D eigenvalue weighted by molar-refractivity contribution is -0.680. The van der Waals surface area contributed by atoms with Crippen LogP contribution in [0.5, 0.6) is 0 Å². The van der Waals surface area contributed by atoms with Gasteiger partial charge in [0.15, 0.2) is 11.9 Å². The number of benzene rings is 1. The molecule has 3 heteroatoms. The maximum Gasteiger partial charge on any atom is 0.195 e. The number of pyridine rings is 1. The Morgan fingerprint density at radius 3 is 2.33 bits per heavy atom. The molecule has 0 saturated carbocycles. The van der Waals surface area contributed by atoms with Gasteiger partial charge in [-0.3, -0.25) is 4.90 Å². The summed E-state index contributed by atoms with van der Waals surface area (Å²) in [6, 6.07) is 13.4. The summed E-state index contributed by atoms with van der Waals surface area (Å²) < 4.78 is 2.28. The number of hydrogen-bond acceptors (Lipinski definition) is 1. The number of allylic oxidation sites excluding steroid dienone is 5. The highest BCUT2D eigenvalue weighted by molar-refractivity contribution is 5.73. The Labute approximate surface area is 254 Å². The van der Waals surface area contributed by atoms with E-state index in [-0.39, 0.29) is 24.0 Å². The van der Waals surface area contributed by atoms with Crippen LogP contribution in [0.2, 0.25) is 0 Å². The standard InChI is InChI=1S/C36H47N2.HI/c1-3-4-5-6-7-8-9-10-11-13-26-38(28-33-18-12-14-25-37(33)2)27-32-22-21-31-20-19-29-16-15-17-30-23-24-34(32)36(31)35(29)30;/h12,14-18,20-25,36H,3-11,13,19,26-28H2,1-2H3;1H/q+1;/p-1. The van der Waals surface area contributed by atoms with Crippen LogP contribution in [0.1, 0.15) is 99.4 Å². The molecular weight excluding hydrogens is 587 g/mol. The van der Waals surface area contributed by atoms with Gasteiger partial charge in [0.2, 0.25) is 0 Å². The zero-order chi connectivity index (χ0) is 26.2. The predicted molar refractivity (Wildman–Crippen MR) is 161 cm³/mol. The fourth-order valence-corrected chi connectivity index (χ4v) is 6.56. The molecule has 0 radical (unpaired) electrons. The first-order chi connectivity index (χ1) is 18.7. The summed E-state index contributed by atoms with van der Waals surface area (Å²) in [6.07, 6.45) is 29.2. The summed E-state index contributed by atoms with van der Waals surface area (Å²) in [5.41, 5.74) is 10.4. The lowest BCUT2D eigenvalue weighted by Gasteiger charge is -2.36. The Morgan fingerprint density at radius 2 is 1.56 bits per heavy atom. The second kappa shape index (κ2) is 15.1. The first-order valence-electron chi connectivity index (χ1n) is 15.3. The first kappa shape index (κ1) is 30.0. The van der Waals surface area contributed by atoms with Gasteiger partial charge in [-0.1, -0.05) is 119 Å². The summed E-state index contributed by atoms with van der Waals surface area (Å²) in [7, 11) is 2.18. The highest BCUT2D eigenvalue weighted by atomic mass is 127. The van der Waals surface area contributed by atoms with Gasteiger partial charge in [0.25, 0.3) is 0 Å². The monoisotopic (exact) mass is 634 g/mol. The summed E-state index contributed by atoms with van der Waals surface area (Å²) in [6.45, 7) is 5.48. The molecule has 5 rings (SSSR count). The number of rotatable bonds is 15. The Balaban J connectivity index is 0.00000353. The molecule has 2 nitrogen and oxygen atoms in total. The molecule has 2 aromatic rings. The van der Waals surface area contributed by atoms with E-state index < -0.39 is 0 Å². The molecule has 3 aliphatic rings. The minimum atomic E-state index is 0. The number of hydrogen-bond donors (Lipinski definition) is 0. The van der Waals surface area contributed by atoms with Crippen molar-refractivity contribution in [3.8, 4) is 0 Å². The van der Waals surface area contributed by atoms with Crippen LogP contribution in [0.15, 0.2) is 83.6 Å². The van der Waals surface area contributed by atoms with Gasteiger partial charge in [-0.25, -0.2) is 4.57 Å². The van der Waals surface area contributed by atoms with E-state index in [1.165, 1.54) is 97.7 Å². The van der Waals surface area contributed by atoms with E-state index >= 15 is 0 Å². The van der Waals surface area contributed by atoms with Crippen LogP contribution in [0.4, 0.5) is 0 Å². The van der Waals surface area contributed by atoms with Crippen LogP contribution >= 0.6 is 0 Å².